The van der Waals surface area contributed by atoms with Crippen LogP contribution in [0.3, 0.4) is 0 Å². The van der Waals surface area contributed by atoms with Gasteiger partial charge in [-0.1, -0.05) is 12.1 Å². The van der Waals surface area contributed by atoms with Gasteiger partial charge in [-0.3, -0.25) is 0 Å². The molecule has 1 aromatic carbocycles. The third kappa shape index (κ3) is 1.48. The van der Waals surface area contributed by atoms with Crippen LogP contribution in [0.4, 0.5) is 4.39 Å². The van der Waals surface area contributed by atoms with Crippen molar-refractivity contribution in [2.24, 2.45) is 0 Å². The average molecular weight is 196 g/mol. The van der Waals surface area contributed by atoms with Crippen molar-refractivity contribution in [2.45, 2.75) is 25.9 Å². The van der Waals surface area contributed by atoms with E-state index in [0.29, 0.717) is 24.2 Å². The summed E-state index contributed by atoms with van der Waals surface area (Å²) in [5.74, 6) is -0.113. The second-order valence-corrected chi connectivity index (χ2v) is 3.62. The zero-order chi connectivity index (χ0) is 10.1. The number of benzene rings is 1. The molecule has 0 aromatic heterocycles. The predicted octanol–water partition coefficient (Wildman–Crippen LogP) is 2.34. The van der Waals surface area contributed by atoms with E-state index in [1.54, 1.807) is 19.1 Å². The Labute approximate surface area is 82.3 Å². The van der Waals surface area contributed by atoms with Crippen molar-refractivity contribution in [1.82, 2.24) is 0 Å². The van der Waals surface area contributed by atoms with Crippen molar-refractivity contribution in [3.05, 3.63) is 29.1 Å². The van der Waals surface area contributed by atoms with Crippen molar-refractivity contribution in [1.29, 1.82) is 0 Å². The molecule has 3 heteroatoms. The lowest BCUT2D eigenvalue weighted by Crippen LogP contribution is -2.00. The summed E-state index contributed by atoms with van der Waals surface area (Å²) in [6.45, 7) is 2.17. The Kier molecular flexibility index (Phi) is 2.42. The smallest absolute Gasteiger partial charge is 0.168 e. The predicted molar refractivity (Wildman–Crippen MR) is 50.8 cm³/mol. The first kappa shape index (κ1) is 9.46. The molecule has 0 saturated heterocycles. The Hall–Kier alpha value is -1.09. The van der Waals surface area contributed by atoms with Gasteiger partial charge >= 0.3 is 0 Å². The second kappa shape index (κ2) is 3.58. The van der Waals surface area contributed by atoms with E-state index in [9.17, 15) is 9.50 Å². The van der Waals surface area contributed by atoms with Gasteiger partial charge in [0.2, 0.25) is 0 Å². The summed E-state index contributed by atoms with van der Waals surface area (Å²) in [5, 5.41) is 9.71. The van der Waals surface area contributed by atoms with Crippen LogP contribution in [0.25, 0.3) is 0 Å². The molecule has 0 saturated carbocycles. The van der Waals surface area contributed by atoms with Gasteiger partial charge in [0.25, 0.3) is 0 Å². The first-order valence-electron chi connectivity index (χ1n) is 4.80. The zero-order valence-electron chi connectivity index (χ0n) is 8.09. The van der Waals surface area contributed by atoms with Crippen LogP contribution >= 0.6 is 0 Å². The fourth-order valence-corrected chi connectivity index (χ4v) is 1.68. The number of rotatable bonds is 0. The van der Waals surface area contributed by atoms with Crippen LogP contribution in [0.15, 0.2) is 12.1 Å². The van der Waals surface area contributed by atoms with Gasteiger partial charge in [-0.25, -0.2) is 4.39 Å². The van der Waals surface area contributed by atoms with E-state index < -0.39 is 6.10 Å². The Morgan fingerprint density at radius 1 is 1.50 bits per heavy atom. The van der Waals surface area contributed by atoms with Crippen molar-refractivity contribution >= 4 is 0 Å². The molecule has 1 aromatic rings. The van der Waals surface area contributed by atoms with E-state index in [1.807, 2.05) is 0 Å². The van der Waals surface area contributed by atoms with E-state index in [-0.39, 0.29) is 11.6 Å². The Morgan fingerprint density at radius 3 is 3.07 bits per heavy atom. The van der Waals surface area contributed by atoms with E-state index in [2.05, 4.69) is 0 Å². The summed E-state index contributed by atoms with van der Waals surface area (Å²) in [6.07, 6.45) is 0.798. The number of halogens is 1. The van der Waals surface area contributed by atoms with Crippen molar-refractivity contribution in [3.63, 3.8) is 0 Å². The van der Waals surface area contributed by atoms with Gasteiger partial charge in [0, 0.05) is 5.56 Å². The first-order chi connectivity index (χ1) is 6.70. The van der Waals surface area contributed by atoms with Crippen LogP contribution in [-0.4, -0.2) is 11.7 Å². The van der Waals surface area contributed by atoms with Gasteiger partial charge in [0.1, 0.15) is 0 Å². The van der Waals surface area contributed by atoms with Crippen molar-refractivity contribution in [2.75, 3.05) is 6.61 Å². The fraction of sp³-hybridized carbons (Fsp3) is 0.455. The molecule has 0 amide bonds. The average Bonchev–Trinajstić information content (AvgIpc) is 2.35. The summed E-state index contributed by atoms with van der Waals surface area (Å²) in [5.41, 5.74) is 1.13. The number of aliphatic hydroxyl groups is 1. The molecule has 0 aliphatic carbocycles. The van der Waals surface area contributed by atoms with E-state index >= 15 is 0 Å². The highest BCUT2D eigenvalue weighted by molar-refractivity contribution is 5.40. The molecular weight excluding hydrogens is 183 g/mol. The minimum absolute atomic E-state index is 0.231. The lowest BCUT2D eigenvalue weighted by molar-refractivity contribution is 0.167. The molecule has 1 aliphatic rings. The standard InChI is InChI=1S/C11H13FO2/c1-7-4-5-8-9(13)3-2-6-14-11(8)10(7)12/h4-5,9,13H,2-3,6H2,1H3. The van der Waals surface area contributed by atoms with Crippen LogP contribution in [0.1, 0.15) is 30.1 Å². The number of hydrogen-bond donors (Lipinski definition) is 1. The number of aliphatic hydroxyl groups excluding tert-OH is 1. The number of ether oxygens (including phenoxy) is 1. The molecule has 2 nitrogen and oxygen atoms in total. The summed E-state index contributed by atoms with van der Waals surface area (Å²) in [7, 11) is 0. The van der Waals surface area contributed by atoms with E-state index in [4.69, 9.17) is 4.74 Å². The zero-order valence-corrected chi connectivity index (χ0v) is 8.09. The van der Waals surface area contributed by atoms with E-state index in [1.165, 1.54) is 0 Å². The maximum atomic E-state index is 13.6. The number of fused-ring (bicyclic) bond motifs is 1. The minimum Gasteiger partial charge on any atom is -0.490 e. The van der Waals surface area contributed by atoms with Crippen LogP contribution in [0.2, 0.25) is 0 Å². The molecule has 0 radical (unpaired) electrons. The van der Waals surface area contributed by atoms with Gasteiger partial charge in [-0.05, 0) is 25.3 Å². The lowest BCUT2D eigenvalue weighted by Gasteiger charge is -2.12. The summed E-state index contributed by atoms with van der Waals surface area (Å²) < 4.78 is 18.9. The minimum atomic E-state index is -0.595. The molecule has 0 fully saturated rings. The maximum Gasteiger partial charge on any atom is 0.168 e. The van der Waals surface area contributed by atoms with Crippen molar-refractivity contribution in [3.8, 4) is 5.75 Å². The Morgan fingerprint density at radius 2 is 2.29 bits per heavy atom. The summed E-state index contributed by atoms with van der Waals surface area (Å²) in [4.78, 5) is 0. The largest absolute Gasteiger partial charge is 0.490 e. The summed E-state index contributed by atoms with van der Waals surface area (Å²) >= 11 is 0. The third-order valence-electron chi connectivity index (χ3n) is 2.55. The van der Waals surface area contributed by atoms with Crippen LogP contribution in [0.5, 0.6) is 5.75 Å². The summed E-state index contributed by atoms with van der Waals surface area (Å²) in [6, 6.07) is 3.41. The highest BCUT2D eigenvalue weighted by Crippen LogP contribution is 2.34. The molecule has 0 bridgehead atoms. The third-order valence-corrected chi connectivity index (χ3v) is 2.55. The second-order valence-electron chi connectivity index (χ2n) is 3.62. The topological polar surface area (TPSA) is 29.5 Å². The fourth-order valence-electron chi connectivity index (χ4n) is 1.68. The molecule has 76 valence electrons. The normalized spacial score (nSPS) is 20.9. The van der Waals surface area contributed by atoms with Gasteiger partial charge in [0.15, 0.2) is 11.6 Å². The van der Waals surface area contributed by atoms with Gasteiger partial charge in [0.05, 0.1) is 12.7 Å². The number of aryl methyl sites for hydroxylation is 1. The quantitative estimate of drug-likeness (QED) is 0.690. The molecule has 2 rings (SSSR count). The van der Waals surface area contributed by atoms with Crippen LogP contribution in [-0.2, 0) is 0 Å². The molecule has 1 N–H and O–H groups in total. The highest BCUT2D eigenvalue weighted by atomic mass is 19.1. The molecule has 0 spiro atoms. The molecule has 1 unspecified atom stereocenters. The lowest BCUT2D eigenvalue weighted by atomic mass is 10.0. The SMILES string of the molecule is Cc1ccc2c(c1F)OCCCC2O. The first-order valence-corrected chi connectivity index (χ1v) is 4.80. The van der Waals surface area contributed by atoms with Crippen LogP contribution in [0, 0.1) is 12.7 Å². The van der Waals surface area contributed by atoms with Gasteiger partial charge in [-0.2, -0.15) is 0 Å². The monoisotopic (exact) mass is 196 g/mol. The molecule has 14 heavy (non-hydrogen) atoms. The van der Waals surface area contributed by atoms with E-state index in [0.717, 1.165) is 6.42 Å². The Balaban J connectivity index is 2.53. The Bertz CT molecular complexity index is 349. The molecular formula is C11H13FO2. The molecule has 1 atom stereocenters. The van der Waals surface area contributed by atoms with Gasteiger partial charge < -0.3 is 9.84 Å². The molecule has 1 aliphatic heterocycles. The van der Waals surface area contributed by atoms with Crippen LogP contribution < -0.4 is 4.74 Å². The number of hydrogen-bond acceptors (Lipinski definition) is 2. The molecule has 1 heterocycles. The van der Waals surface area contributed by atoms with Gasteiger partial charge in [-0.15, -0.1) is 0 Å². The highest BCUT2D eigenvalue weighted by Gasteiger charge is 2.21. The van der Waals surface area contributed by atoms with Crippen molar-refractivity contribution < 1.29 is 14.2 Å². The maximum absolute atomic E-state index is 13.6.